The van der Waals surface area contributed by atoms with Crippen LogP contribution in [0.1, 0.15) is 17.4 Å². The van der Waals surface area contributed by atoms with Gasteiger partial charge in [-0.05, 0) is 0 Å². The minimum Gasteiger partial charge on any atom is -0.464 e. The smallest absolute Gasteiger partial charge is 0.302 e. The van der Waals surface area contributed by atoms with E-state index in [1.165, 1.54) is 17.8 Å². The summed E-state index contributed by atoms with van der Waals surface area (Å²) in [5, 5.41) is 9.82. The van der Waals surface area contributed by atoms with Gasteiger partial charge in [-0.2, -0.15) is 0 Å². The van der Waals surface area contributed by atoms with E-state index in [9.17, 15) is 9.59 Å². The van der Waals surface area contributed by atoms with Crippen molar-refractivity contribution in [3.8, 4) is 12.3 Å². The highest BCUT2D eigenvalue weighted by Gasteiger charge is 2.09. The Labute approximate surface area is 98.1 Å². The number of amides is 1. The first kappa shape index (κ1) is 12.7. The van der Waals surface area contributed by atoms with Gasteiger partial charge in [-0.3, -0.25) is 9.59 Å². The Morgan fingerprint density at radius 2 is 2.41 bits per heavy atom. The number of terminal acetylenes is 1. The second-order valence-electron chi connectivity index (χ2n) is 3.09. The number of esters is 1. The van der Waals surface area contributed by atoms with E-state index < -0.39 is 0 Å². The molecular formula is C10H12N4O3. The molecule has 0 radical (unpaired) electrons. The lowest BCUT2D eigenvalue weighted by Gasteiger charge is -2.00. The molecule has 0 fully saturated rings. The Bertz CT molecular complexity index is 447. The molecular weight excluding hydrogens is 224 g/mol. The van der Waals surface area contributed by atoms with Gasteiger partial charge in [-0.25, -0.2) is 4.68 Å². The number of carbonyl (C=O) groups excluding carboxylic acids is 2. The lowest BCUT2D eigenvalue weighted by Crippen LogP contribution is -2.23. The normalized spacial score (nSPS) is 9.41. The highest BCUT2D eigenvalue weighted by molar-refractivity contribution is 5.91. The van der Waals surface area contributed by atoms with Gasteiger partial charge in [-0.15, -0.1) is 11.5 Å². The maximum absolute atomic E-state index is 11.4. The van der Waals surface area contributed by atoms with Crippen molar-refractivity contribution in [3.63, 3.8) is 0 Å². The van der Waals surface area contributed by atoms with Crippen molar-refractivity contribution in [2.45, 2.75) is 13.5 Å². The van der Waals surface area contributed by atoms with Crippen LogP contribution in [0.5, 0.6) is 0 Å². The first-order valence-corrected chi connectivity index (χ1v) is 4.88. The second kappa shape index (κ2) is 6.27. The molecule has 0 aliphatic rings. The zero-order valence-corrected chi connectivity index (χ0v) is 9.34. The highest BCUT2D eigenvalue weighted by Crippen LogP contribution is 1.93. The predicted octanol–water partition coefficient (Wildman–Crippen LogP) is -0.796. The Morgan fingerprint density at radius 1 is 1.65 bits per heavy atom. The van der Waals surface area contributed by atoms with Crippen molar-refractivity contribution in [1.29, 1.82) is 0 Å². The molecule has 7 nitrogen and oxygen atoms in total. The van der Waals surface area contributed by atoms with Crippen LogP contribution in [0.15, 0.2) is 6.20 Å². The van der Waals surface area contributed by atoms with Crippen molar-refractivity contribution < 1.29 is 14.3 Å². The first-order valence-electron chi connectivity index (χ1n) is 4.88. The van der Waals surface area contributed by atoms with E-state index in [0.717, 1.165) is 0 Å². The lowest BCUT2D eigenvalue weighted by atomic mass is 10.4. The molecule has 0 saturated heterocycles. The van der Waals surface area contributed by atoms with Gasteiger partial charge in [-0.1, -0.05) is 11.1 Å². The number of aromatic nitrogens is 3. The van der Waals surface area contributed by atoms with Gasteiger partial charge < -0.3 is 10.1 Å². The minimum atomic E-state index is -0.387. The molecule has 0 atom stereocenters. The van der Waals surface area contributed by atoms with E-state index in [-0.39, 0.29) is 30.7 Å². The van der Waals surface area contributed by atoms with Crippen molar-refractivity contribution >= 4 is 11.9 Å². The molecule has 7 heteroatoms. The zero-order chi connectivity index (χ0) is 12.7. The van der Waals surface area contributed by atoms with Gasteiger partial charge in [0.2, 0.25) is 0 Å². The molecule has 1 rings (SSSR count). The Balaban J connectivity index is 2.45. The SMILES string of the molecule is C#CCNC(=O)c1cn(CCOC(C)=O)nn1. The third-order valence-corrected chi connectivity index (χ3v) is 1.75. The van der Waals surface area contributed by atoms with Gasteiger partial charge in [0, 0.05) is 6.92 Å². The van der Waals surface area contributed by atoms with E-state index in [1.807, 2.05) is 0 Å². The van der Waals surface area contributed by atoms with Crippen LogP contribution in [0, 0.1) is 12.3 Å². The second-order valence-corrected chi connectivity index (χ2v) is 3.09. The topological polar surface area (TPSA) is 86.1 Å². The first-order chi connectivity index (χ1) is 8.13. The molecule has 90 valence electrons. The van der Waals surface area contributed by atoms with Crippen molar-refractivity contribution in [1.82, 2.24) is 20.3 Å². The Kier molecular flexibility index (Phi) is 4.69. The van der Waals surface area contributed by atoms with E-state index in [2.05, 4.69) is 21.5 Å². The molecule has 17 heavy (non-hydrogen) atoms. The fourth-order valence-electron chi connectivity index (χ4n) is 1.02. The summed E-state index contributed by atoms with van der Waals surface area (Å²) in [6, 6.07) is 0. The molecule has 0 aromatic carbocycles. The maximum atomic E-state index is 11.4. The third-order valence-electron chi connectivity index (χ3n) is 1.75. The van der Waals surface area contributed by atoms with Gasteiger partial charge >= 0.3 is 5.97 Å². The average Bonchev–Trinajstić information content (AvgIpc) is 2.74. The van der Waals surface area contributed by atoms with Gasteiger partial charge in [0.05, 0.1) is 19.3 Å². The number of carbonyl (C=O) groups is 2. The van der Waals surface area contributed by atoms with Crippen molar-refractivity contribution in [3.05, 3.63) is 11.9 Å². The summed E-state index contributed by atoms with van der Waals surface area (Å²) in [5.74, 6) is 1.53. The summed E-state index contributed by atoms with van der Waals surface area (Å²) in [6.07, 6.45) is 6.45. The van der Waals surface area contributed by atoms with Gasteiger partial charge in [0.1, 0.15) is 6.61 Å². The maximum Gasteiger partial charge on any atom is 0.302 e. The van der Waals surface area contributed by atoms with Crippen LogP contribution in [0.25, 0.3) is 0 Å². The highest BCUT2D eigenvalue weighted by atomic mass is 16.5. The molecule has 0 saturated carbocycles. The summed E-state index contributed by atoms with van der Waals surface area (Å²) >= 11 is 0. The minimum absolute atomic E-state index is 0.138. The predicted molar refractivity (Wildman–Crippen MR) is 57.8 cm³/mol. The van der Waals surface area contributed by atoms with Gasteiger partial charge in [0.15, 0.2) is 5.69 Å². The van der Waals surface area contributed by atoms with Crippen molar-refractivity contribution in [2.75, 3.05) is 13.2 Å². The van der Waals surface area contributed by atoms with E-state index in [1.54, 1.807) is 0 Å². The van der Waals surface area contributed by atoms with Crippen LogP contribution in [0.2, 0.25) is 0 Å². The molecule has 0 spiro atoms. The van der Waals surface area contributed by atoms with Crippen LogP contribution in [0.3, 0.4) is 0 Å². The number of rotatable bonds is 5. The van der Waals surface area contributed by atoms with Gasteiger partial charge in [0.25, 0.3) is 5.91 Å². The number of hydrogen-bond acceptors (Lipinski definition) is 5. The standard InChI is InChI=1S/C10H12N4O3/c1-3-4-11-10(16)9-7-14(13-12-9)5-6-17-8(2)15/h1,7H,4-6H2,2H3,(H,11,16). The summed E-state index contributed by atoms with van der Waals surface area (Å²) in [6.45, 7) is 1.98. The summed E-state index contributed by atoms with van der Waals surface area (Å²) in [5.41, 5.74) is 0.170. The summed E-state index contributed by atoms with van der Waals surface area (Å²) < 4.78 is 6.14. The zero-order valence-electron chi connectivity index (χ0n) is 9.34. The lowest BCUT2D eigenvalue weighted by molar-refractivity contribution is -0.141. The molecule has 1 N–H and O–H groups in total. The third kappa shape index (κ3) is 4.34. The Morgan fingerprint density at radius 3 is 3.06 bits per heavy atom. The number of ether oxygens (including phenoxy) is 1. The molecule has 0 bridgehead atoms. The molecule has 1 amide bonds. The largest absolute Gasteiger partial charge is 0.464 e. The molecule has 1 aromatic rings. The summed E-state index contributed by atoms with van der Waals surface area (Å²) in [7, 11) is 0. The van der Waals surface area contributed by atoms with E-state index in [0.29, 0.717) is 6.54 Å². The molecule has 0 aliphatic heterocycles. The van der Waals surface area contributed by atoms with E-state index >= 15 is 0 Å². The summed E-state index contributed by atoms with van der Waals surface area (Å²) in [4.78, 5) is 21.9. The quantitative estimate of drug-likeness (QED) is 0.534. The molecule has 1 aromatic heterocycles. The van der Waals surface area contributed by atoms with Crippen LogP contribution in [-0.4, -0.2) is 40.0 Å². The van der Waals surface area contributed by atoms with E-state index in [4.69, 9.17) is 11.2 Å². The average molecular weight is 236 g/mol. The van der Waals surface area contributed by atoms with Crippen LogP contribution >= 0.6 is 0 Å². The number of nitrogens with one attached hydrogen (secondary N) is 1. The monoisotopic (exact) mass is 236 g/mol. The fourth-order valence-corrected chi connectivity index (χ4v) is 1.02. The molecule has 1 heterocycles. The molecule has 0 aliphatic carbocycles. The number of nitrogens with zero attached hydrogens (tertiary/aromatic N) is 3. The number of hydrogen-bond donors (Lipinski definition) is 1. The fraction of sp³-hybridized carbons (Fsp3) is 0.400. The Hall–Kier alpha value is -2.36. The van der Waals surface area contributed by atoms with Crippen LogP contribution < -0.4 is 5.32 Å². The van der Waals surface area contributed by atoms with Crippen molar-refractivity contribution in [2.24, 2.45) is 0 Å². The van der Waals surface area contributed by atoms with Crippen LogP contribution in [0.4, 0.5) is 0 Å². The molecule has 0 unspecified atom stereocenters. The van der Waals surface area contributed by atoms with Crippen LogP contribution in [-0.2, 0) is 16.1 Å².